The van der Waals surface area contributed by atoms with Crippen molar-refractivity contribution in [1.29, 1.82) is 0 Å². The predicted molar refractivity (Wildman–Crippen MR) is 62.4 cm³/mol. The van der Waals surface area contributed by atoms with Gasteiger partial charge in [-0.1, -0.05) is 30.7 Å². The molecule has 0 aliphatic heterocycles. The molecule has 0 radical (unpaired) electrons. The summed E-state index contributed by atoms with van der Waals surface area (Å²) in [5, 5.41) is 0.613. The van der Waals surface area contributed by atoms with Crippen LogP contribution < -0.4 is 4.72 Å². The maximum atomic E-state index is 11.3. The molecule has 0 unspecified atom stereocenters. The maximum absolute atomic E-state index is 11.3. The van der Waals surface area contributed by atoms with Crippen LogP contribution in [-0.2, 0) is 16.6 Å². The summed E-state index contributed by atoms with van der Waals surface area (Å²) in [6, 6.07) is 7.13. The van der Waals surface area contributed by atoms with Gasteiger partial charge in [0.25, 0.3) is 0 Å². The fourth-order valence-electron chi connectivity index (χ4n) is 1.18. The van der Waals surface area contributed by atoms with Gasteiger partial charge in [-0.3, -0.25) is 0 Å². The van der Waals surface area contributed by atoms with Crippen LogP contribution >= 0.6 is 11.6 Å². The number of sulfonamides is 1. The average molecular weight is 248 g/mol. The molecule has 0 aromatic heterocycles. The Labute approximate surface area is 95.5 Å². The highest BCUT2D eigenvalue weighted by molar-refractivity contribution is 7.89. The van der Waals surface area contributed by atoms with E-state index in [0.29, 0.717) is 18.0 Å². The largest absolute Gasteiger partial charge is 0.212 e. The summed E-state index contributed by atoms with van der Waals surface area (Å²) < 4.78 is 25.2. The van der Waals surface area contributed by atoms with Crippen LogP contribution in [0.15, 0.2) is 24.3 Å². The highest BCUT2D eigenvalue weighted by atomic mass is 35.5. The van der Waals surface area contributed by atoms with Crippen LogP contribution in [0.2, 0.25) is 5.02 Å². The Morgan fingerprint density at radius 1 is 1.40 bits per heavy atom. The van der Waals surface area contributed by atoms with Crippen molar-refractivity contribution in [2.75, 3.05) is 5.75 Å². The zero-order valence-corrected chi connectivity index (χ0v) is 10.1. The minimum Gasteiger partial charge on any atom is -0.212 e. The summed E-state index contributed by atoms with van der Waals surface area (Å²) in [5.74, 6) is 0.160. The van der Waals surface area contributed by atoms with E-state index in [1.54, 1.807) is 18.2 Å². The Morgan fingerprint density at radius 3 is 2.73 bits per heavy atom. The molecule has 5 heteroatoms. The van der Waals surface area contributed by atoms with Crippen molar-refractivity contribution in [2.24, 2.45) is 0 Å². The van der Waals surface area contributed by atoms with Crippen LogP contribution in [0.4, 0.5) is 0 Å². The van der Waals surface area contributed by atoms with Gasteiger partial charge in [0.15, 0.2) is 0 Å². The Hall–Kier alpha value is -0.580. The molecule has 0 spiro atoms. The van der Waals surface area contributed by atoms with Gasteiger partial charge < -0.3 is 0 Å². The third kappa shape index (κ3) is 4.64. The molecule has 1 rings (SSSR count). The van der Waals surface area contributed by atoms with Crippen molar-refractivity contribution in [2.45, 2.75) is 19.9 Å². The molecule has 0 fully saturated rings. The van der Waals surface area contributed by atoms with Gasteiger partial charge in [-0.05, 0) is 24.1 Å². The van der Waals surface area contributed by atoms with Gasteiger partial charge in [0.05, 0.1) is 5.75 Å². The fourth-order valence-corrected chi connectivity index (χ4v) is 2.46. The lowest BCUT2D eigenvalue weighted by Crippen LogP contribution is -2.25. The van der Waals surface area contributed by atoms with Crippen molar-refractivity contribution < 1.29 is 8.42 Å². The second-order valence-electron chi connectivity index (χ2n) is 3.27. The fraction of sp³-hybridized carbons (Fsp3) is 0.400. The molecular formula is C10H14ClNO2S. The standard InChI is InChI=1S/C10H14ClNO2S/c1-2-6-15(13,14)12-8-9-4-3-5-10(11)7-9/h3-5,7,12H,2,6,8H2,1H3. The third-order valence-corrected chi connectivity index (χ3v) is 3.62. The van der Waals surface area contributed by atoms with Crippen LogP contribution in [0, 0.1) is 0 Å². The van der Waals surface area contributed by atoms with Crippen molar-refractivity contribution in [3.05, 3.63) is 34.9 Å². The molecule has 0 bridgehead atoms. The first-order valence-electron chi connectivity index (χ1n) is 4.75. The molecule has 1 N–H and O–H groups in total. The minimum absolute atomic E-state index is 0.160. The lowest BCUT2D eigenvalue weighted by molar-refractivity contribution is 0.580. The zero-order chi connectivity index (χ0) is 11.3. The summed E-state index contributed by atoms with van der Waals surface area (Å²) in [4.78, 5) is 0. The number of hydrogen-bond acceptors (Lipinski definition) is 2. The van der Waals surface area contributed by atoms with Crippen LogP contribution in [0.3, 0.4) is 0 Å². The average Bonchev–Trinajstić information content (AvgIpc) is 2.15. The van der Waals surface area contributed by atoms with Gasteiger partial charge in [0, 0.05) is 11.6 Å². The molecule has 15 heavy (non-hydrogen) atoms. The molecular weight excluding hydrogens is 234 g/mol. The van der Waals surface area contributed by atoms with Gasteiger partial charge >= 0.3 is 0 Å². The van der Waals surface area contributed by atoms with E-state index in [2.05, 4.69) is 4.72 Å². The molecule has 1 aromatic rings. The van der Waals surface area contributed by atoms with Gasteiger partial charge in [0.2, 0.25) is 10.0 Å². The van der Waals surface area contributed by atoms with E-state index in [4.69, 9.17) is 11.6 Å². The Balaban J connectivity index is 2.58. The first-order chi connectivity index (χ1) is 7.03. The topological polar surface area (TPSA) is 46.2 Å². The Bertz CT molecular complexity index is 417. The first-order valence-corrected chi connectivity index (χ1v) is 6.78. The van der Waals surface area contributed by atoms with Gasteiger partial charge in [0.1, 0.15) is 0 Å². The van der Waals surface area contributed by atoms with E-state index in [1.807, 2.05) is 13.0 Å². The number of benzene rings is 1. The SMILES string of the molecule is CCCS(=O)(=O)NCc1cccc(Cl)c1. The molecule has 0 saturated heterocycles. The number of hydrogen-bond donors (Lipinski definition) is 1. The van der Waals surface area contributed by atoms with E-state index in [0.717, 1.165) is 5.56 Å². The molecule has 84 valence electrons. The van der Waals surface area contributed by atoms with E-state index in [-0.39, 0.29) is 5.75 Å². The number of rotatable bonds is 5. The van der Waals surface area contributed by atoms with Crippen LogP contribution in [-0.4, -0.2) is 14.2 Å². The molecule has 0 amide bonds. The highest BCUT2D eigenvalue weighted by Gasteiger charge is 2.07. The Morgan fingerprint density at radius 2 is 2.13 bits per heavy atom. The molecule has 0 saturated carbocycles. The lowest BCUT2D eigenvalue weighted by atomic mass is 10.2. The van der Waals surface area contributed by atoms with E-state index < -0.39 is 10.0 Å². The molecule has 0 aliphatic carbocycles. The number of halogens is 1. The molecule has 0 atom stereocenters. The number of nitrogens with one attached hydrogen (secondary N) is 1. The van der Waals surface area contributed by atoms with Crippen molar-refractivity contribution in [3.63, 3.8) is 0 Å². The van der Waals surface area contributed by atoms with Crippen LogP contribution in [0.1, 0.15) is 18.9 Å². The zero-order valence-electron chi connectivity index (χ0n) is 8.53. The summed E-state index contributed by atoms with van der Waals surface area (Å²) in [6.45, 7) is 2.13. The maximum Gasteiger partial charge on any atom is 0.211 e. The van der Waals surface area contributed by atoms with Gasteiger partial charge in [-0.2, -0.15) is 0 Å². The highest BCUT2D eigenvalue weighted by Crippen LogP contribution is 2.10. The summed E-state index contributed by atoms with van der Waals surface area (Å²) in [6.07, 6.45) is 0.616. The quantitative estimate of drug-likeness (QED) is 0.867. The predicted octanol–water partition coefficient (Wildman–Crippen LogP) is 2.17. The summed E-state index contributed by atoms with van der Waals surface area (Å²) in [5.41, 5.74) is 0.863. The molecule has 0 heterocycles. The summed E-state index contributed by atoms with van der Waals surface area (Å²) >= 11 is 5.78. The van der Waals surface area contributed by atoms with E-state index >= 15 is 0 Å². The Kier molecular flexibility index (Phi) is 4.57. The van der Waals surface area contributed by atoms with Gasteiger partial charge in [-0.25, -0.2) is 13.1 Å². The summed E-state index contributed by atoms with van der Waals surface area (Å²) in [7, 11) is -3.14. The smallest absolute Gasteiger partial charge is 0.211 e. The molecule has 3 nitrogen and oxygen atoms in total. The normalized spacial score (nSPS) is 11.6. The van der Waals surface area contributed by atoms with E-state index in [1.165, 1.54) is 0 Å². The van der Waals surface area contributed by atoms with Crippen molar-refractivity contribution in [3.8, 4) is 0 Å². The monoisotopic (exact) mass is 247 g/mol. The lowest BCUT2D eigenvalue weighted by Gasteiger charge is -2.05. The van der Waals surface area contributed by atoms with Crippen LogP contribution in [0.25, 0.3) is 0 Å². The molecule has 0 aliphatic rings. The van der Waals surface area contributed by atoms with Crippen LogP contribution in [0.5, 0.6) is 0 Å². The third-order valence-electron chi connectivity index (χ3n) is 1.86. The van der Waals surface area contributed by atoms with Gasteiger partial charge in [-0.15, -0.1) is 0 Å². The van der Waals surface area contributed by atoms with Crippen molar-refractivity contribution in [1.82, 2.24) is 4.72 Å². The van der Waals surface area contributed by atoms with Crippen molar-refractivity contribution >= 4 is 21.6 Å². The second kappa shape index (κ2) is 5.49. The first kappa shape index (κ1) is 12.5. The second-order valence-corrected chi connectivity index (χ2v) is 5.63. The molecule has 1 aromatic carbocycles. The minimum atomic E-state index is -3.14. The van der Waals surface area contributed by atoms with E-state index in [9.17, 15) is 8.42 Å².